The smallest absolute Gasteiger partial charge is 0.142 e. The first-order chi connectivity index (χ1) is 20.8. The van der Waals surface area contributed by atoms with E-state index >= 15 is 0 Å². The fraction of sp³-hybridized carbons (Fsp3) is 0.103. The summed E-state index contributed by atoms with van der Waals surface area (Å²) in [7, 11) is 0. The van der Waals surface area contributed by atoms with E-state index in [0.29, 0.717) is 0 Å². The maximum atomic E-state index is 10.9. The monoisotopic (exact) mass is 542 g/mol. The highest BCUT2D eigenvalue weighted by molar-refractivity contribution is 6.11. The van der Waals surface area contributed by atoms with Gasteiger partial charge in [-0.3, -0.25) is 4.79 Å². The van der Waals surface area contributed by atoms with Crippen molar-refractivity contribution in [2.45, 2.75) is 25.7 Å². The van der Waals surface area contributed by atoms with Crippen LogP contribution in [-0.4, -0.2) is 15.4 Å². The summed E-state index contributed by atoms with van der Waals surface area (Å²) in [5.41, 5.74) is 11.6. The highest BCUT2D eigenvalue weighted by atomic mass is 16.1. The quantitative estimate of drug-likeness (QED) is 0.157. The Hall–Kier alpha value is -5.15. The molecule has 2 aliphatic rings. The summed E-state index contributed by atoms with van der Waals surface area (Å²) in [5.74, 6) is 0. The third kappa shape index (κ3) is 3.93. The lowest BCUT2D eigenvalue weighted by atomic mass is 9.89. The molecule has 202 valence electrons. The van der Waals surface area contributed by atoms with Crippen LogP contribution >= 0.6 is 0 Å². The second-order valence-corrected chi connectivity index (χ2v) is 11.2. The summed E-state index contributed by atoms with van der Waals surface area (Å²) < 4.78 is 4.87. The highest BCUT2D eigenvalue weighted by Gasteiger charge is 2.20. The molecule has 2 aliphatic carbocycles. The molecule has 3 nitrogen and oxygen atoms in total. The highest BCUT2D eigenvalue weighted by Crippen LogP contribution is 2.39. The van der Waals surface area contributed by atoms with Crippen LogP contribution in [0.3, 0.4) is 0 Å². The predicted octanol–water partition coefficient (Wildman–Crippen LogP) is 9.94. The zero-order valence-corrected chi connectivity index (χ0v) is 23.3. The molecule has 42 heavy (non-hydrogen) atoms. The van der Waals surface area contributed by atoms with Crippen LogP contribution in [-0.2, 0) is 4.79 Å². The second-order valence-electron chi connectivity index (χ2n) is 11.2. The molecule has 6 aromatic rings. The number of nitrogens with zero attached hydrogens (tertiary/aromatic N) is 2. The van der Waals surface area contributed by atoms with Crippen LogP contribution in [0.1, 0.15) is 31.2 Å². The van der Waals surface area contributed by atoms with Gasteiger partial charge < -0.3 is 9.13 Å². The molecule has 0 spiro atoms. The van der Waals surface area contributed by atoms with Crippen molar-refractivity contribution in [3.05, 3.63) is 138 Å². The van der Waals surface area contributed by atoms with Gasteiger partial charge in [0.25, 0.3) is 0 Å². The first-order valence-electron chi connectivity index (χ1n) is 14.7. The number of aldehydes is 1. The van der Waals surface area contributed by atoms with Gasteiger partial charge in [-0.15, -0.1) is 0 Å². The van der Waals surface area contributed by atoms with Crippen molar-refractivity contribution in [2.24, 2.45) is 0 Å². The van der Waals surface area contributed by atoms with Crippen LogP contribution in [0.25, 0.3) is 61.1 Å². The van der Waals surface area contributed by atoms with E-state index in [2.05, 4.69) is 124 Å². The van der Waals surface area contributed by atoms with Crippen molar-refractivity contribution >= 4 is 67.4 Å². The van der Waals surface area contributed by atoms with Gasteiger partial charge in [-0.2, -0.15) is 0 Å². The molecule has 0 fully saturated rings. The normalized spacial score (nSPS) is 15.8. The average Bonchev–Trinajstić information content (AvgIpc) is 3.57. The number of benzene rings is 4. The zero-order chi connectivity index (χ0) is 28.0. The van der Waals surface area contributed by atoms with E-state index in [9.17, 15) is 4.79 Å². The number of aromatic nitrogens is 2. The van der Waals surface area contributed by atoms with Crippen molar-refractivity contribution in [1.29, 1.82) is 0 Å². The van der Waals surface area contributed by atoms with E-state index < -0.39 is 0 Å². The van der Waals surface area contributed by atoms with Crippen molar-refractivity contribution in [1.82, 2.24) is 9.13 Å². The van der Waals surface area contributed by atoms with Gasteiger partial charge in [0.1, 0.15) is 6.29 Å². The Bertz CT molecular complexity index is 2160. The molecule has 0 aliphatic heterocycles. The van der Waals surface area contributed by atoms with Gasteiger partial charge in [-0.05, 0) is 91.0 Å². The molecular weight excluding hydrogens is 512 g/mol. The largest absolute Gasteiger partial charge is 0.313 e. The lowest BCUT2D eigenvalue weighted by Gasteiger charge is -2.22. The Kier molecular flexibility index (Phi) is 5.89. The molecule has 4 aromatic carbocycles. The molecule has 0 radical (unpaired) electrons. The fourth-order valence-electron chi connectivity index (χ4n) is 6.95. The number of allylic oxidation sites excluding steroid dienone is 9. The third-order valence-electron chi connectivity index (χ3n) is 8.89. The van der Waals surface area contributed by atoms with E-state index in [0.717, 1.165) is 37.5 Å². The van der Waals surface area contributed by atoms with Crippen LogP contribution in [0.4, 0.5) is 0 Å². The first kappa shape index (κ1) is 24.6. The standard InChI is InChI=1S/C39H30N2O/c42-25-7-8-27-15-24-39-35(26-27)34-11-3-6-14-38(34)41(39)31-22-18-29(19-23-31)28-16-20-30(21-17-28)40-36-12-4-1-9-32(36)33-10-2-5-13-37(33)40/h1-16,18,20,22,24-26H,17,19,21,23H2/b8-7+. The minimum Gasteiger partial charge on any atom is -0.313 e. The molecule has 0 amide bonds. The lowest BCUT2D eigenvalue weighted by molar-refractivity contribution is -0.104. The Labute approximate surface area is 244 Å². The number of hydrogen-bond donors (Lipinski definition) is 0. The molecule has 2 aromatic heterocycles. The van der Waals surface area contributed by atoms with Crippen LogP contribution < -0.4 is 0 Å². The average molecular weight is 543 g/mol. The summed E-state index contributed by atoms with van der Waals surface area (Å²) in [6.07, 6.45) is 17.7. The summed E-state index contributed by atoms with van der Waals surface area (Å²) in [4.78, 5) is 10.9. The number of para-hydroxylation sites is 3. The van der Waals surface area contributed by atoms with Gasteiger partial charge in [0.05, 0.1) is 22.1 Å². The number of hydrogen-bond acceptors (Lipinski definition) is 1. The second kappa shape index (κ2) is 10.0. The lowest BCUT2D eigenvalue weighted by Crippen LogP contribution is -2.05. The molecule has 3 heteroatoms. The number of carbonyl (C=O) groups is 1. The van der Waals surface area contributed by atoms with E-state index in [-0.39, 0.29) is 0 Å². The van der Waals surface area contributed by atoms with Crippen molar-refractivity contribution in [2.75, 3.05) is 0 Å². The van der Waals surface area contributed by atoms with E-state index in [1.807, 2.05) is 6.08 Å². The number of rotatable bonds is 5. The Morgan fingerprint density at radius 3 is 1.45 bits per heavy atom. The van der Waals surface area contributed by atoms with Crippen LogP contribution in [0.5, 0.6) is 0 Å². The molecule has 0 atom stereocenters. The number of carbonyl (C=O) groups excluding carboxylic acids is 1. The summed E-state index contributed by atoms with van der Waals surface area (Å²) in [5, 5.41) is 5.08. The van der Waals surface area contributed by atoms with Gasteiger partial charge >= 0.3 is 0 Å². The van der Waals surface area contributed by atoms with Crippen LogP contribution in [0.15, 0.2) is 133 Å². The molecule has 0 N–H and O–H groups in total. The zero-order valence-electron chi connectivity index (χ0n) is 23.3. The summed E-state index contributed by atoms with van der Waals surface area (Å²) in [6, 6.07) is 32.6. The van der Waals surface area contributed by atoms with E-state index in [4.69, 9.17) is 0 Å². The van der Waals surface area contributed by atoms with Crippen LogP contribution in [0, 0.1) is 0 Å². The molecule has 0 unspecified atom stereocenters. The maximum absolute atomic E-state index is 10.9. The molecule has 0 saturated carbocycles. The Morgan fingerprint density at radius 2 is 0.976 bits per heavy atom. The molecular formula is C39H30N2O. The minimum absolute atomic E-state index is 0.826. The van der Waals surface area contributed by atoms with Crippen molar-refractivity contribution in [3.8, 4) is 0 Å². The first-order valence-corrected chi connectivity index (χ1v) is 14.7. The fourth-order valence-corrected chi connectivity index (χ4v) is 6.95. The Balaban J connectivity index is 1.16. The molecule has 0 bridgehead atoms. The van der Waals surface area contributed by atoms with Gasteiger partial charge in [0.15, 0.2) is 0 Å². The topological polar surface area (TPSA) is 26.9 Å². The predicted molar refractivity (Wildman–Crippen MR) is 177 cm³/mol. The van der Waals surface area contributed by atoms with E-state index in [1.54, 1.807) is 6.08 Å². The minimum atomic E-state index is 0.826. The van der Waals surface area contributed by atoms with Crippen molar-refractivity contribution in [3.63, 3.8) is 0 Å². The van der Waals surface area contributed by atoms with Crippen LogP contribution in [0.2, 0.25) is 0 Å². The SMILES string of the molecule is O=C/C=C/c1ccc2c(c1)c1ccccc1n2C1=CC=C(C2=CC=C(n3c4ccccc4c4ccccc43)CC2)CC1. The van der Waals surface area contributed by atoms with Gasteiger partial charge in [-0.25, -0.2) is 0 Å². The molecule has 8 rings (SSSR count). The summed E-state index contributed by atoms with van der Waals surface area (Å²) in [6.45, 7) is 0. The van der Waals surface area contributed by atoms with E-state index in [1.165, 1.54) is 66.2 Å². The number of fused-ring (bicyclic) bond motifs is 6. The maximum Gasteiger partial charge on any atom is 0.142 e. The summed E-state index contributed by atoms with van der Waals surface area (Å²) >= 11 is 0. The molecule has 0 saturated heterocycles. The van der Waals surface area contributed by atoms with Gasteiger partial charge in [0.2, 0.25) is 0 Å². The third-order valence-corrected chi connectivity index (χ3v) is 8.89. The van der Waals surface area contributed by atoms with Gasteiger partial charge in [-0.1, -0.05) is 78.9 Å². The van der Waals surface area contributed by atoms with Gasteiger partial charge in [0, 0.05) is 32.9 Å². The Morgan fingerprint density at radius 1 is 0.500 bits per heavy atom. The molecule has 2 heterocycles. The van der Waals surface area contributed by atoms with Crippen molar-refractivity contribution < 1.29 is 4.79 Å².